The minimum atomic E-state index is -2.94. The quantitative estimate of drug-likeness (QED) is 0.411. The third-order valence-corrected chi connectivity index (χ3v) is 8.04. The molecule has 39 heavy (non-hydrogen) atoms. The lowest BCUT2D eigenvalue weighted by atomic mass is 9.93. The minimum Gasteiger partial charge on any atom is -0.481 e. The SMILES string of the molecule is COc1cc([C@@H](C)C(=O)N2CC[C@]3(CCc4cc(-c5ccc(OC(F)F)nc5)c(C)nc4N)CC23)c(F)cn1. The third-order valence-electron chi connectivity index (χ3n) is 8.04. The molecule has 5 rings (SSSR count). The van der Waals surface area contributed by atoms with Crippen LogP contribution in [-0.4, -0.2) is 52.1 Å². The summed E-state index contributed by atoms with van der Waals surface area (Å²) < 4.78 is 48.8. The number of aryl methyl sites for hydroxylation is 2. The minimum absolute atomic E-state index is 0.0111. The molecule has 1 saturated carbocycles. The number of hydrogen-bond acceptors (Lipinski definition) is 7. The number of ether oxygens (including phenoxy) is 2. The number of nitrogens with two attached hydrogens (primary N) is 1. The van der Waals surface area contributed by atoms with Crippen molar-refractivity contribution in [3.63, 3.8) is 0 Å². The molecule has 0 radical (unpaired) electrons. The lowest BCUT2D eigenvalue weighted by Gasteiger charge is -2.23. The first kappa shape index (κ1) is 26.7. The van der Waals surface area contributed by atoms with Gasteiger partial charge in [0.1, 0.15) is 11.6 Å². The van der Waals surface area contributed by atoms with Crippen LogP contribution in [-0.2, 0) is 11.2 Å². The van der Waals surface area contributed by atoms with Gasteiger partial charge in [-0.3, -0.25) is 4.79 Å². The van der Waals surface area contributed by atoms with Crippen molar-refractivity contribution in [3.8, 4) is 22.9 Å². The number of anilines is 1. The van der Waals surface area contributed by atoms with Gasteiger partial charge in [0.2, 0.25) is 17.7 Å². The molecule has 206 valence electrons. The van der Waals surface area contributed by atoms with Gasteiger partial charge in [-0.2, -0.15) is 8.78 Å². The zero-order chi connectivity index (χ0) is 27.9. The van der Waals surface area contributed by atoms with Gasteiger partial charge in [-0.1, -0.05) is 0 Å². The van der Waals surface area contributed by atoms with E-state index < -0.39 is 18.3 Å². The second-order valence-electron chi connectivity index (χ2n) is 10.3. The molecule has 1 saturated heterocycles. The summed E-state index contributed by atoms with van der Waals surface area (Å²) in [5, 5.41) is 0. The average Bonchev–Trinajstić information content (AvgIpc) is 3.51. The van der Waals surface area contributed by atoms with E-state index in [0.29, 0.717) is 24.5 Å². The normalized spacial score (nSPS) is 20.6. The standard InChI is InChI=1S/C28H30F3N5O3/c1-15(19-11-24(38-3)34-14-21(19)29)26(37)36-9-8-28(12-22(28)36)7-6-17-10-20(16(2)35-25(17)32)18-4-5-23(33-13-18)39-27(30)31/h4-5,10-11,13-15,22,27H,6-9,12H2,1-3H3,(H2,32,35)/t15-,22?,28-/m1/s1. The van der Waals surface area contributed by atoms with Crippen LogP contribution in [0.15, 0.2) is 36.7 Å². The number of carbonyl (C=O) groups excluding carboxylic acids is 1. The molecule has 0 spiro atoms. The number of amides is 1. The van der Waals surface area contributed by atoms with E-state index in [1.807, 2.05) is 17.9 Å². The van der Waals surface area contributed by atoms with Crippen LogP contribution in [0.3, 0.4) is 0 Å². The number of carbonyl (C=O) groups is 1. The van der Waals surface area contributed by atoms with Gasteiger partial charge >= 0.3 is 6.61 Å². The first-order valence-electron chi connectivity index (χ1n) is 12.8. The van der Waals surface area contributed by atoms with Gasteiger partial charge in [0.25, 0.3) is 0 Å². The molecule has 3 aromatic heterocycles. The van der Waals surface area contributed by atoms with Crippen LogP contribution in [0.4, 0.5) is 19.0 Å². The summed E-state index contributed by atoms with van der Waals surface area (Å²) in [7, 11) is 1.45. The van der Waals surface area contributed by atoms with Crippen LogP contribution in [0.2, 0.25) is 0 Å². The highest BCUT2D eigenvalue weighted by atomic mass is 19.3. The van der Waals surface area contributed by atoms with Crippen molar-refractivity contribution in [1.82, 2.24) is 19.9 Å². The molecule has 1 unspecified atom stereocenters. The number of nitrogen functional groups attached to an aromatic ring is 1. The number of methoxy groups -OCH3 is 1. The lowest BCUT2D eigenvalue weighted by Crippen LogP contribution is -2.34. The van der Waals surface area contributed by atoms with Crippen molar-refractivity contribution in [2.24, 2.45) is 5.41 Å². The number of aromatic nitrogens is 3. The van der Waals surface area contributed by atoms with E-state index in [2.05, 4.69) is 19.7 Å². The molecule has 1 aliphatic carbocycles. The van der Waals surface area contributed by atoms with Crippen LogP contribution >= 0.6 is 0 Å². The summed E-state index contributed by atoms with van der Waals surface area (Å²) in [6.45, 7) is 1.23. The number of rotatable bonds is 9. The Labute approximate surface area is 224 Å². The van der Waals surface area contributed by atoms with E-state index in [0.717, 1.165) is 42.1 Å². The first-order valence-corrected chi connectivity index (χ1v) is 12.8. The van der Waals surface area contributed by atoms with Gasteiger partial charge in [0.05, 0.1) is 19.2 Å². The fourth-order valence-corrected chi connectivity index (χ4v) is 5.69. The van der Waals surface area contributed by atoms with Crippen LogP contribution in [0.1, 0.15) is 48.9 Å². The molecule has 2 aliphatic rings. The predicted octanol–water partition coefficient (Wildman–Crippen LogP) is 4.91. The van der Waals surface area contributed by atoms with Crippen molar-refractivity contribution >= 4 is 11.7 Å². The molecule has 1 amide bonds. The number of fused-ring (bicyclic) bond motifs is 1. The molecule has 1 aliphatic heterocycles. The highest BCUT2D eigenvalue weighted by Crippen LogP contribution is 2.60. The highest BCUT2D eigenvalue weighted by molar-refractivity contribution is 5.84. The zero-order valence-corrected chi connectivity index (χ0v) is 22.0. The van der Waals surface area contributed by atoms with Crippen LogP contribution in [0.25, 0.3) is 11.1 Å². The molecule has 0 bridgehead atoms. The molecule has 3 atom stereocenters. The van der Waals surface area contributed by atoms with Gasteiger partial charge in [-0.15, -0.1) is 0 Å². The molecule has 4 heterocycles. The predicted molar refractivity (Wildman–Crippen MR) is 138 cm³/mol. The summed E-state index contributed by atoms with van der Waals surface area (Å²) >= 11 is 0. The van der Waals surface area contributed by atoms with E-state index in [1.165, 1.54) is 25.4 Å². The topological polar surface area (TPSA) is 103 Å². The van der Waals surface area contributed by atoms with Crippen molar-refractivity contribution in [2.45, 2.75) is 58.1 Å². The number of likely N-dealkylation sites (tertiary alicyclic amines) is 1. The maximum Gasteiger partial charge on any atom is 0.388 e. The van der Waals surface area contributed by atoms with E-state index in [4.69, 9.17) is 10.5 Å². The van der Waals surface area contributed by atoms with Crippen molar-refractivity contribution < 1.29 is 27.4 Å². The van der Waals surface area contributed by atoms with Gasteiger partial charge in [-0.25, -0.2) is 19.3 Å². The number of halogens is 3. The molecule has 0 aromatic carbocycles. The number of pyridine rings is 3. The summed E-state index contributed by atoms with van der Waals surface area (Å²) in [5.74, 6) is -0.722. The second kappa shape index (κ2) is 10.3. The van der Waals surface area contributed by atoms with Gasteiger partial charge in [0.15, 0.2) is 0 Å². The van der Waals surface area contributed by atoms with Gasteiger partial charge in [-0.05, 0) is 62.6 Å². The number of piperidine rings is 1. The Kier molecular flexibility index (Phi) is 7.09. The monoisotopic (exact) mass is 541 g/mol. The first-order chi connectivity index (χ1) is 18.6. The Morgan fingerprint density at radius 1 is 1.23 bits per heavy atom. The fourth-order valence-electron chi connectivity index (χ4n) is 5.69. The average molecular weight is 542 g/mol. The molecule has 11 heteroatoms. The molecular weight excluding hydrogens is 511 g/mol. The smallest absolute Gasteiger partial charge is 0.388 e. The fraction of sp³-hybridized carbons (Fsp3) is 0.429. The van der Waals surface area contributed by atoms with Gasteiger partial charge in [0, 0.05) is 53.3 Å². The molecular formula is C28H30F3N5O3. The van der Waals surface area contributed by atoms with Crippen molar-refractivity contribution in [3.05, 3.63) is 59.3 Å². The zero-order valence-electron chi connectivity index (χ0n) is 22.0. The molecule has 3 aromatic rings. The number of nitrogens with zero attached hydrogens (tertiary/aromatic N) is 4. The Morgan fingerprint density at radius 2 is 2.00 bits per heavy atom. The molecule has 2 N–H and O–H groups in total. The summed E-state index contributed by atoms with van der Waals surface area (Å²) in [5.41, 5.74) is 9.67. The third kappa shape index (κ3) is 5.22. The van der Waals surface area contributed by atoms with Gasteiger partial charge < -0.3 is 20.1 Å². The Hall–Kier alpha value is -3.89. The Morgan fingerprint density at radius 3 is 2.67 bits per heavy atom. The van der Waals surface area contributed by atoms with Crippen LogP contribution in [0, 0.1) is 18.2 Å². The Balaban J connectivity index is 1.26. The summed E-state index contributed by atoms with van der Waals surface area (Å²) in [4.78, 5) is 27.6. The molecule has 8 nitrogen and oxygen atoms in total. The maximum atomic E-state index is 14.4. The maximum absolute atomic E-state index is 14.4. The van der Waals surface area contributed by atoms with Crippen molar-refractivity contribution in [1.29, 1.82) is 0 Å². The summed E-state index contributed by atoms with van der Waals surface area (Å²) in [6.07, 6.45) is 5.84. The second-order valence-corrected chi connectivity index (χ2v) is 10.3. The number of hydrogen-bond donors (Lipinski definition) is 1. The highest BCUT2D eigenvalue weighted by Gasteiger charge is 2.61. The summed E-state index contributed by atoms with van der Waals surface area (Å²) in [6, 6.07) is 6.62. The van der Waals surface area contributed by atoms with Crippen LogP contribution < -0.4 is 15.2 Å². The van der Waals surface area contributed by atoms with Crippen molar-refractivity contribution in [2.75, 3.05) is 19.4 Å². The Bertz CT molecular complexity index is 1390. The lowest BCUT2D eigenvalue weighted by molar-refractivity contribution is -0.132. The molecule has 2 fully saturated rings. The van der Waals surface area contributed by atoms with E-state index >= 15 is 0 Å². The number of alkyl halides is 2. The largest absolute Gasteiger partial charge is 0.481 e. The van der Waals surface area contributed by atoms with E-state index in [-0.39, 0.29) is 34.7 Å². The van der Waals surface area contributed by atoms with E-state index in [9.17, 15) is 18.0 Å². The van der Waals surface area contributed by atoms with E-state index in [1.54, 1.807) is 13.0 Å². The van der Waals surface area contributed by atoms with Crippen LogP contribution in [0.5, 0.6) is 11.8 Å².